The quantitative estimate of drug-likeness (QED) is 0.863. The van der Waals surface area contributed by atoms with Crippen molar-refractivity contribution in [3.63, 3.8) is 0 Å². The zero-order valence-electron chi connectivity index (χ0n) is 13.3. The van der Waals surface area contributed by atoms with Crippen LogP contribution in [0.2, 0.25) is 0 Å². The maximum absolute atomic E-state index is 13.9. The van der Waals surface area contributed by atoms with Crippen molar-refractivity contribution < 1.29 is 18.3 Å². The number of ether oxygens (including phenoxy) is 1. The normalized spacial score (nSPS) is 26.4. The number of rotatable bonds is 3. The Hall–Kier alpha value is -2.28. The average molecular weight is 331 g/mol. The molecule has 1 aliphatic heterocycles. The van der Waals surface area contributed by atoms with Crippen molar-refractivity contribution in [1.29, 1.82) is 0 Å². The number of halogens is 1. The summed E-state index contributed by atoms with van der Waals surface area (Å²) >= 11 is 0. The summed E-state index contributed by atoms with van der Waals surface area (Å²) in [5.74, 6) is 0.372. The van der Waals surface area contributed by atoms with Gasteiger partial charge in [0, 0.05) is 19.4 Å². The highest BCUT2D eigenvalue weighted by Crippen LogP contribution is 2.50. The molecule has 1 aromatic heterocycles. The highest BCUT2D eigenvalue weighted by molar-refractivity contribution is 5.83. The molecule has 1 aliphatic carbocycles. The minimum absolute atomic E-state index is 0.00686. The van der Waals surface area contributed by atoms with Crippen LogP contribution in [0.1, 0.15) is 35.7 Å². The van der Waals surface area contributed by atoms with Gasteiger partial charge in [-0.2, -0.15) is 0 Å². The molecule has 7 heteroatoms. The SMILES string of the molecule is Cc1nnc([C@@H]2COCCN2C(=O)[C@H]2C[C@@H]2c2ccccc2F)o1. The van der Waals surface area contributed by atoms with Crippen molar-refractivity contribution in [3.05, 3.63) is 47.4 Å². The summed E-state index contributed by atoms with van der Waals surface area (Å²) in [6.45, 7) is 3.00. The van der Waals surface area contributed by atoms with Gasteiger partial charge in [0.2, 0.25) is 17.7 Å². The fourth-order valence-electron chi connectivity index (χ4n) is 3.32. The van der Waals surface area contributed by atoms with Gasteiger partial charge >= 0.3 is 0 Å². The molecule has 0 radical (unpaired) electrons. The molecule has 0 spiro atoms. The Morgan fingerprint density at radius 3 is 2.92 bits per heavy atom. The summed E-state index contributed by atoms with van der Waals surface area (Å²) in [6, 6.07) is 6.29. The van der Waals surface area contributed by atoms with Crippen LogP contribution in [0.25, 0.3) is 0 Å². The number of amides is 1. The number of hydrogen-bond acceptors (Lipinski definition) is 5. The third kappa shape index (κ3) is 2.69. The molecule has 3 atom stereocenters. The van der Waals surface area contributed by atoms with Gasteiger partial charge in [-0.25, -0.2) is 4.39 Å². The zero-order valence-corrected chi connectivity index (χ0v) is 13.3. The molecule has 4 rings (SSSR count). The van der Waals surface area contributed by atoms with Gasteiger partial charge < -0.3 is 14.1 Å². The van der Waals surface area contributed by atoms with E-state index in [2.05, 4.69) is 10.2 Å². The average Bonchev–Trinajstić information content (AvgIpc) is 3.28. The molecule has 0 bridgehead atoms. The van der Waals surface area contributed by atoms with E-state index in [-0.39, 0.29) is 29.6 Å². The number of morpholine rings is 1. The first-order valence-electron chi connectivity index (χ1n) is 8.08. The van der Waals surface area contributed by atoms with Crippen LogP contribution in [-0.4, -0.2) is 40.8 Å². The van der Waals surface area contributed by atoms with Gasteiger partial charge in [0.15, 0.2) is 0 Å². The Labute approximate surface area is 138 Å². The first-order chi connectivity index (χ1) is 11.6. The predicted molar refractivity (Wildman–Crippen MR) is 81.6 cm³/mol. The number of aromatic nitrogens is 2. The third-order valence-electron chi connectivity index (χ3n) is 4.65. The van der Waals surface area contributed by atoms with E-state index in [1.165, 1.54) is 6.07 Å². The van der Waals surface area contributed by atoms with Crippen LogP contribution in [0.3, 0.4) is 0 Å². The molecule has 1 aromatic carbocycles. The molecule has 2 aromatic rings. The molecular formula is C17H18FN3O3. The van der Waals surface area contributed by atoms with Crippen LogP contribution >= 0.6 is 0 Å². The Morgan fingerprint density at radius 1 is 1.33 bits per heavy atom. The van der Waals surface area contributed by atoms with E-state index in [9.17, 15) is 9.18 Å². The summed E-state index contributed by atoms with van der Waals surface area (Å²) in [5.41, 5.74) is 0.620. The Bertz CT molecular complexity index is 763. The second kappa shape index (κ2) is 5.98. The van der Waals surface area contributed by atoms with E-state index in [1.54, 1.807) is 30.0 Å². The maximum atomic E-state index is 13.9. The van der Waals surface area contributed by atoms with Crippen LogP contribution in [0.5, 0.6) is 0 Å². The lowest BCUT2D eigenvalue weighted by atomic mass is 10.1. The smallest absolute Gasteiger partial charge is 0.241 e. The molecule has 1 saturated heterocycles. The first kappa shape index (κ1) is 15.3. The molecular weight excluding hydrogens is 313 g/mol. The Balaban J connectivity index is 1.52. The second-order valence-corrected chi connectivity index (χ2v) is 6.25. The maximum Gasteiger partial charge on any atom is 0.241 e. The van der Waals surface area contributed by atoms with Gasteiger partial charge in [-0.1, -0.05) is 18.2 Å². The first-order valence-corrected chi connectivity index (χ1v) is 8.08. The standard InChI is InChI=1S/C17H18FN3O3/c1-10-19-20-16(24-10)15-9-23-7-6-21(15)17(22)13-8-12(13)11-4-2-3-5-14(11)18/h2-5,12-13,15H,6-9H2,1H3/t12-,13+,15+/m1/s1. The van der Waals surface area contributed by atoms with Crippen molar-refractivity contribution in [2.75, 3.05) is 19.8 Å². The van der Waals surface area contributed by atoms with Gasteiger partial charge in [-0.3, -0.25) is 4.79 Å². The largest absolute Gasteiger partial charge is 0.423 e. The molecule has 0 N–H and O–H groups in total. The van der Waals surface area contributed by atoms with Crippen molar-refractivity contribution in [2.45, 2.75) is 25.3 Å². The van der Waals surface area contributed by atoms with Crippen molar-refractivity contribution in [3.8, 4) is 0 Å². The van der Waals surface area contributed by atoms with E-state index < -0.39 is 0 Å². The van der Waals surface area contributed by atoms with E-state index >= 15 is 0 Å². The molecule has 0 unspecified atom stereocenters. The number of hydrogen-bond donors (Lipinski definition) is 0. The fraction of sp³-hybridized carbons (Fsp3) is 0.471. The number of carbonyl (C=O) groups excluding carboxylic acids is 1. The minimum atomic E-state index is -0.366. The summed E-state index contributed by atoms with van der Waals surface area (Å²) < 4.78 is 24.9. The number of aryl methyl sites for hydroxylation is 1. The van der Waals surface area contributed by atoms with Gasteiger partial charge in [0.1, 0.15) is 11.9 Å². The summed E-state index contributed by atoms with van der Waals surface area (Å²) in [7, 11) is 0. The van der Waals surface area contributed by atoms with Gasteiger partial charge in [-0.15, -0.1) is 10.2 Å². The molecule has 2 heterocycles. The summed E-state index contributed by atoms with van der Waals surface area (Å²) in [4.78, 5) is 14.6. The minimum Gasteiger partial charge on any atom is -0.423 e. The lowest BCUT2D eigenvalue weighted by Crippen LogP contribution is -2.44. The lowest BCUT2D eigenvalue weighted by molar-refractivity contribution is -0.142. The molecule has 2 fully saturated rings. The predicted octanol–water partition coefficient (Wildman–Crippen LogP) is 2.22. The van der Waals surface area contributed by atoms with Gasteiger partial charge in [-0.05, 0) is 24.0 Å². The van der Waals surface area contributed by atoms with Crippen LogP contribution in [0.15, 0.2) is 28.7 Å². The second-order valence-electron chi connectivity index (χ2n) is 6.25. The van der Waals surface area contributed by atoms with Crippen LogP contribution in [-0.2, 0) is 9.53 Å². The van der Waals surface area contributed by atoms with Crippen molar-refractivity contribution in [2.24, 2.45) is 5.92 Å². The highest BCUT2D eigenvalue weighted by Gasteiger charge is 2.49. The van der Waals surface area contributed by atoms with E-state index in [0.717, 1.165) is 0 Å². The van der Waals surface area contributed by atoms with Gasteiger partial charge in [0.05, 0.1) is 13.2 Å². The summed E-state index contributed by atoms with van der Waals surface area (Å²) in [6.07, 6.45) is 0.673. The van der Waals surface area contributed by atoms with E-state index in [1.807, 2.05) is 0 Å². The van der Waals surface area contributed by atoms with E-state index in [0.29, 0.717) is 43.5 Å². The molecule has 1 amide bonds. The number of carbonyl (C=O) groups is 1. The molecule has 24 heavy (non-hydrogen) atoms. The number of nitrogens with zero attached hydrogens (tertiary/aromatic N) is 3. The third-order valence-corrected chi connectivity index (χ3v) is 4.65. The topological polar surface area (TPSA) is 68.5 Å². The van der Waals surface area contributed by atoms with Crippen LogP contribution in [0, 0.1) is 18.7 Å². The fourth-order valence-corrected chi connectivity index (χ4v) is 3.32. The Morgan fingerprint density at radius 2 is 2.17 bits per heavy atom. The van der Waals surface area contributed by atoms with Crippen LogP contribution < -0.4 is 0 Å². The molecule has 2 aliphatic rings. The van der Waals surface area contributed by atoms with Crippen molar-refractivity contribution in [1.82, 2.24) is 15.1 Å². The summed E-state index contributed by atoms with van der Waals surface area (Å²) in [5, 5.41) is 7.85. The number of benzene rings is 1. The highest BCUT2D eigenvalue weighted by atomic mass is 19.1. The Kier molecular flexibility index (Phi) is 3.80. The van der Waals surface area contributed by atoms with Gasteiger partial charge in [0.25, 0.3) is 0 Å². The zero-order chi connectivity index (χ0) is 16.7. The molecule has 6 nitrogen and oxygen atoms in total. The van der Waals surface area contributed by atoms with Crippen LogP contribution in [0.4, 0.5) is 4.39 Å². The van der Waals surface area contributed by atoms with E-state index in [4.69, 9.17) is 9.15 Å². The monoisotopic (exact) mass is 331 g/mol. The molecule has 1 saturated carbocycles. The van der Waals surface area contributed by atoms with Crippen molar-refractivity contribution >= 4 is 5.91 Å². The molecule has 126 valence electrons. The lowest BCUT2D eigenvalue weighted by Gasteiger charge is -2.33.